The second kappa shape index (κ2) is 7.26. The lowest BCUT2D eigenvalue weighted by atomic mass is 10.1. The van der Waals surface area contributed by atoms with Crippen molar-refractivity contribution in [2.45, 2.75) is 25.4 Å². The van der Waals surface area contributed by atoms with Gasteiger partial charge < -0.3 is 10.6 Å². The predicted octanol–water partition coefficient (Wildman–Crippen LogP) is 0.987. The summed E-state index contributed by atoms with van der Waals surface area (Å²) in [4.78, 5) is 14.1. The number of carbonyl (C=O) groups excluding carboxylic acids is 1. The van der Waals surface area contributed by atoms with Crippen molar-refractivity contribution >= 4 is 5.91 Å². The predicted molar refractivity (Wildman–Crippen MR) is 76.8 cm³/mol. The van der Waals surface area contributed by atoms with E-state index in [1.807, 2.05) is 37.4 Å². The fourth-order valence-electron chi connectivity index (χ4n) is 2.49. The van der Waals surface area contributed by atoms with Gasteiger partial charge in [-0.25, -0.2) is 0 Å². The Morgan fingerprint density at radius 2 is 2.16 bits per heavy atom. The van der Waals surface area contributed by atoms with Crippen molar-refractivity contribution in [2.24, 2.45) is 0 Å². The summed E-state index contributed by atoms with van der Waals surface area (Å²) in [5.74, 6) is 0.112. The highest BCUT2D eigenvalue weighted by molar-refractivity contribution is 5.78. The largest absolute Gasteiger partial charge is 0.351 e. The molecule has 0 aliphatic carbocycles. The van der Waals surface area contributed by atoms with Crippen LogP contribution < -0.4 is 10.6 Å². The summed E-state index contributed by atoms with van der Waals surface area (Å²) in [7, 11) is 1.99. The molecular formula is C15H23N3O. The number of nitrogens with zero attached hydrogens (tertiary/aromatic N) is 1. The van der Waals surface area contributed by atoms with Crippen LogP contribution in [0.5, 0.6) is 0 Å². The van der Waals surface area contributed by atoms with Crippen molar-refractivity contribution in [1.82, 2.24) is 15.5 Å². The van der Waals surface area contributed by atoms with Crippen LogP contribution in [0, 0.1) is 0 Å². The molecule has 1 fully saturated rings. The molecule has 4 heteroatoms. The van der Waals surface area contributed by atoms with Gasteiger partial charge in [-0.1, -0.05) is 30.3 Å². The van der Waals surface area contributed by atoms with Gasteiger partial charge in [0.25, 0.3) is 0 Å². The Morgan fingerprint density at radius 3 is 2.89 bits per heavy atom. The molecular weight excluding hydrogens is 238 g/mol. The molecule has 0 radical (unpaired) electrons. The molecule has 1 unspecified atom stereocenters. The molecule has 2 N–H and O–H groups in total. The van der Waals surface area contributed by atoms with Gasteiger partial charge in [-0.05, 0) is 32.0 Å². The first kappa shape index (κ1) is 14.0. The van der Waals surface area contributed by atoms with E-state index >= 15 is 0 Å². The monoisotopic (exact) mass is 261 g/mol. The van der Waals surface area contributed by atoms with Crippen molar-refractivity contribution in [3.05, 3.63) is 35.9 Å². The first-order chi connectivity index (χ1) is 9.28. The smallest absolute Gasteiger partial charge is 0.234 e. The molecule has 1 aromatic carbocycles. The molecule has 104 valence electrons. The molecule has 4 nitrogen and oxygen atoms in total. The number of benzene rings is 1. The van der Waals surface area contributed by atoms with Crippen LogP contribution in [0.1, 0.15) is 18.4 Å². The number of rotatable bonds is 5. The molecule has 1 aliphatic rings. The van der Waals surface area contributed by atoms with E-state index in [9.17, 15) is 4.79 Å². The third kappa shape index (κ3) is 4.65. The molecule has 19 heavy (non-hydrogen) atoms. The van der Waals surface area contributed by atoms with Crippen molar-refractivity contribution in [1.29, 1.82) is 0 Å². The van der Waals surface area contributed by atoms with E-state index in [0.717, 1.165) is 25.1 Å². The van der Waals surface area contributed by atoms with E-state index < -0.39 is 0 Å². The number of amides is 1. The minimum absolute atomic E-state index is 0.112. The van der Waals surface area contributed by atoms with Crippen LogP contribution in [-0.2, 0) is 11.3 Å². The molecule has 1 amide bonds. The lowest BCUT2D eigenvalue weighted by molar-refractivity contribution is -0.122. The third-order valence-corrected chi connectivity index (χ3v) is 3.61. The number of piperidine rings is 1. The van der Waals surface area contributed by atoms with Gasteiger partial charge in [-0.3, -0.25) is 9.69 Å². The summed E-state index contributed by atoms with van der Waals surface area (Å²) < 4.78 is 0. The Balaban J connectivity index is 1.72. The third-order valence-electron chi connectivity index (χ3n) is 3.61. The summed E-state index contributed by atoms with van der Waals surface area (Å²) >= 11 is 0. The topological polar surface area (TPSA) is 44.4 Å². The molecule has 1 heterocycles. The summed E-state index contributed by atoms with van der Waals surface area (Å²) in [6.07, 6.45) is 2.37. The normalized spacial score (nSPS) is 20.2. The highest BCUT2D eigenvalue weighted by atomic mass is 16.2. The van der Waals surface area contributed by atoms with E-state index in [1.54, 1.807) is 0 Å². The van der Waals surface area contributed by atoms with Crippen LogP contribution in [0.3, 0.4) is 0 Å². The number of nitrogens with one attached hydrogen (secondary N) is 2. The van der Waals surface area contributed by atoms with E-state index in [2.05, 4.69) is 15.5 Å². The van der Waals surface area contributed by atoms with E-state index in [4.69, 9.17) is 0 Å². The average molecular weight is 261 g/mol. The van der Waals surface area contributed by atoms with Gasteiger partial charge in [0.1, 0.15) is 0 Å². The van der Waals surface area contributed by atoms with E-state index in [0.29, 0.717) is 19.1 Å². The summed E-state index contributed by atoms with van der Waals surface area (Å²) in [6, 6.07) is 10.5. The van der Waals surface area contributed by atoms with Crippen molar-refractivity contribution in [2.75, 3.05) is 26.7 Å². The first-order valence-corrected chi connectivity index (χ1v) is 6.98. The fourth-order valence-corrected chi connectivity index (χ4v) is 2.49. The zero-order valence-electron chi connectivity index (χ0n) is 11.6. The van der Waals surface area contributed by atoms with Gasteiger partial charge in [-0.15, -0.1) is 0 Å². The van der Waals surface area contributed by atoms with Gasteiger partial charge in [0.2, 0.25) is 5.91 Å². The van der Waals surface area contributed by atoms with Gasteiger partial charge in [0.05, 0.1) is 6.54 Å². The van der Waals surface area contributed by atoms with Gasteiger partial charge >= 0.3 is 0 Å². The van der Waals surface area contributed by atoms with Crippen molar-refractivity contribution in [3.8, 4) is 0 Å². The molecule has 2 rings (SSSR count). The standard InChI is InChI=1S/C15H23N3O/c1-16-14-8-5-9-18(11-14)12-15(19)17-10-13-6-3-2-4-7-13/h2-4,6-7,14,16H,5,8-12H2,1H3,(H,17,19). The van der Waals surface area contributed by atoms with Gasteiger partial charge in [0, 0.05) is 19.1 Å². The maximum absolute atomic E-state index is 11.9. The minimum Gasteiger partial charge on any atom is -0.351 e. The first-order valence-electron chi connectivity index (χ1n) is 6.98. The second-order valence-corrected chi connectivity index (χ2v) is 5.13. The number of likely N-dealkylation sites (N-methyl/N-ethyl adjacent to an activating group) is 1. The zero-order chi connectivity index (χ0) is 13.5. The lowest BCUT2D eigenvalue weighted by Gasteiger charge is -2.31. The van der Waals surface area contributed by atoms with Crippen molar-refractivity contribution < 1.29 is 4.79 Å². The Kier molecular flexibility index (Phi) is 5.36. The van der Waals surface area contributed by atoms with Crippen molar-refractivity contribution in [3.63, 3.8) is 0 Å². The molecule has 1 aromatic rings. The number of hydrogen-bond acceptors (Lipinski definition) is 3. The van der Waals surface area contributed by atoms with Crippen LogP contribution in [-0.4, -0.2) is 43.5 Å². The van der Waals surface area contributed by atoms with Crippen LogP contribution in [0.25, 0.3) is 0 Å². The molecule has 0 aromatic heterocycles. The summed E-state index contributed by atoms with van der Waals surface area (Å²) in [6.45, 7) is 3.11. The fraction of sp³-hybridized carbons (Fsp3) is 0.533. The maximum Gasteiger partial charge on any atom is 0.234 e. The highest BCUT2D eigenvalue weighted by Crippen LogP contribution is 2.09. The Labute approximate surface area is 115 Å². The van der Waals surface area contributed by atoms with Crippen LogP contribution in [0.4, 0.5) is 0 Å². The Morgan fingerprint density at radius 1 is 1.37 bits per heavy atom. The van der Waals surface area contributed by atoms with Crippen LogP contribution in [0.15, 0.2) is 30.3 Å². The van der Waals surface area contributed by atoms with Crippen LogP contribution in [0.2, 0.25) is 0 Å². The number of hydrogen-bond donors (Lipinski definition) is 2. The minimum atomic E-state index is 0.112. The molecule has 1 saturated heterocycles. The molecule has 0 bridgehead atoms. The molecule has 1 aliphatic heterocycles. The summed E-state index contributed by atoms with van der Waals surface area (Å²) in [5.41, 5.74) is 1.14. The highest BCUT2D eigenvalue weighted by Gasteiger charge is 2.19. The molecule has 1 atom stereocenters. The Bertz CT molecular complexity index is 394. The van der Waals surface area contributed by atoms with Crippen LogP contribution >= 0.6 is 0 Å². The number of carbonyl (C=O) groups is 1. The van der Waals surface area contributed by atoms with Gasteiger partial charge in [0.15, 0.2) is 0 Å². The average Bonchev–Trinajstić information content (AvgIpc) is 2.46. The number of likely N-dealkylation sites (tertiary alicyclic amines) is 1. The summed E-state index contributed by atoms with van der Waals surface area (Å²) in [5, 5.41) is 6.27. The van der Waals surface area contributed by atoms with E-state index in [1.165, 1.54) is 6.42 Å². The molecule has 0 saturated carbocycles. The quantitative estimate of drug-likeness (QED) is 0.830. The SMILES string of the molecule is CNC1CCCN(CC(=O)NCc2ccccc2)C1. The maximum atomic E-state index is 11.9. The second-order valence-electron chi connectivity index (χ2n) is 5.13. The zero-order valence-corrected chi connectivity index (χ0v) is 11.6. The lowest BCUT2D eigenvalue weighted by Crippen LogP contribution is -2.47. The van der Waals surface area contributed by atoms with Gasteiger partial charge in [-0.2, -0.15) is 0 Å². The Hall–Kier alpha value is -1.39. The molecule has 0 spiro atoms. The van der Waals surface area contributed by atoms with E-state index in [-0.39, 0.29) is 5.91 Å².